The fourth-order valence-corrected chi connectivity index (χ4v) is 2.29. The van der Waals surface area contributed by atoms with Crippen LogP contribution < -0.4 is 5.32 Å². The van der Waals surface area contributed by atoms with Gasteiger partial charge in [-0.15, -0.1) is 11.3 Å². The van der Waals surface area contributed by atoms with Gasteiger partial charge in [0.2, 0.25) is 0 Å². The zero-order chi connectivity index (χ0) is 11.7. The molecule has 2 rings (SSSR count). The van der Waals surface area contributed by atoms with Gasteiger partial charge in [-0.25, -0.2) is 9.97 Å². The molecule has 0 radical (unpaired) electrons. The van der Waals surface area contributed by atoms with Crippen LogP contribution in [0.1, 0.15) is 12.5 Å². The number of carboxylic acids is 1. The second-order valence-electron chi connectivity index (χ2n) is 3.52. The molecule has 0 saturated heterocycles. The third-order valence-corrected chi connectivity index (χ3v) is 3.35. The van der Waals surface area contributed by atoms with Gasteiger partial charge in [0.1, 0.15) is 18.2 Å². The first-order valence-electron chi connectivity index (χ1n) is 4.77. The molecule has 6 heteroatoms. The number of hydrogen-bond donors (Lipinski definition) is 2. The van der Waals surface area contributed by atoms with Crippen LogP contribution in [-0.4, -0.2) is 27.1 Å². The van der Waals surface area contributed by atoms with Crippen LogP contribution in [0, 0.1) is 6.92 Å². The third kappa shape index (κ3) is 1.83. The Kier molecular flexibility index (Phi) is 2.74. The van der Waals surface area contributed by atoms with Crippen molar-refractivity contribution in [2.75, 3.05) is 5.32 Å². The van der Waals surface area contributed by atoms with E-state index in [4.69, 9.17) is 5.11 Å². The van der Waals surface area contributed by atoms with Crippen molar-refractivity contribution < 1.29 is 9.90 Å². The molecule has 0 aliphatic heterocycles. The first kappa shape index (κ1) is 10.8. The first-order chi connectivity index (χ1) is 7.59. The minimum absolute atomic E-state index is 0.581. The summed E-state index contributed by atoms with van der Waals surface area (Å²) in [5, 5.41) is 13.7. The molecule has 0 bridgehead atoms. The summed E-state index contributed by atoms with van der Waals surface area (Å²) in [7, 11) is 0. The number of nitrogens with one attached hydrogen (secondary N) is 1. The summed E-state index contributed by atoms with van der Waals surface area (Å²) in [6, 6.07) is -0.666. The van der Waals surface area contributed by atoms with Gasteiger partial charge in [-0.05, 0) is 24.8 Å². The quantitative estimate of drug-likeness (QED) is 0.852. The van der Waals surface area contributed by atoms with Gasteiger partial charge >= 0.3 is 5.97 Å². The van der Waals surface area contributed by atoms with Crippen LogP contribution in [0.3, 0.4) is 0 Å². The number of nitrogens with zero attached hydrogens (tertiary/aromatic N) is 2. The van der Waals surface area contributed by atoms with Gasteiger partial charge < -0.3 is 10.4 Å². The average molecular weight is 237 g/mol. The molecule has 0 aromatic carbocycles. The largest absolute Gasteiger partial charge is 0.480 e. The van der Waals surface area contributed by atoms with Crippen LogP contribution in [0.25, 0.3) is 10.2 Å². The molecule has 2 aromatic rings. The van der Waals surface area contributed by atoms with Crippen molar-refractivity contribution >= 4 is 33.3 Å². The number of thiophene rings is 1. The molecule has 0 amide bonds. The lowest BCUT2D eigenvalue weighted by Gasteiger charge is -2.09. The van der Waals surface area contributed by atoms with E-state index in [9.17, 15) is 4.79 Å². The van der Waals surface area contributed by atoms with Crippen LogP contribution in [0.5, 0.6) is 0 Å². The molecule has 0 aliphatic rings. The third-order valence-electron chi connectivity index (χ3n) is 2.25. The molecule has 16 heavy (non-hydrogen) atoms. The van der Waals surface area contributed by atoms with Crippen molar-refractivity contribution in [2.24, 2.45) is 0 Å². The Morgan fingerprint density at radius 1 is 1.56 bits per heavy atom. The van der Waals surface area contributed by atoms with Crippen LogP contribution in [0.15, 0.2) is 11.7 Å². The molecule has 2 N–H and O–H groups in total. The molecule has 84 valence electrons. The van der Waals surface area contributed by atoms with E-state index in [2.05, 4.69) is 15.3 Å². The first-order valence-corrected chi connectivity index (χ1v) is 5.65. The van der Waals surface area contributed by atoms with Crippen LogP contribution in [0.4, 0.5) is 5.82 Å². The smallest absolute Gasteiger partial charge is 0.325 e. The number of hydrogen-bond acceptors (Lipinski definition) is 5. The van der Waals surface area contributed by atoms with Gasteiger partial charge in [0.05, 0.1) is 10.2 Å². The monoisotopic (exact) mass is 237 g/mol. The van der Waals surface area contributed by atoms with Crippen molar-refractivity contribution in [3.05, 3.63) is 17.3 Å². The molecule has 0 saturated carbocycles. The van der Waals surface area contributed by atoms with Gasteiger partial charge in [-0.2, -0.15) is 0 Å². The molecule has 0 spiro atoms. The normalized spacial score (nSPS) is 12.6. The Balaban J connectivity index is 2.41. The predicted octanol–water partition coefficient (Wildman–Crippen LogP) is 1.88. The highest BCUT2D eigenvalue weighted by molar-refractivity contribution is 7.18. The number of carbonyl (C=O) groups is 1. The summed E-state index contributed by atoms with van der Waals surface area (Å²) < 4.78 is 0.896. The van der Waals surface area contributed by atoms with Gasteiger partial charge in [-0.1, -0.05) is 0 Å². The summed E-state index contributed by atoms with van der Waals surface area (Å²) >= 11 is 1.51. The number of anilines is 1. The second-order valence-corrected chi connectivity index (χ2v) is 4.40. The lowest BCUT2D eigenvalue weighted by molar-refractivity contribution is -0.137. The highest BCUT2D eigenvalue weighted by atomic mass is 32.1. The van der Waals surface area contributed by atoms with Crippen LogP contribution in [-0.2, 0) is 4.79 Å². The Labute approximate surface area is 96.2 Å². The molecule has 2 heterocycles. The van der Waals surface area contributed by atoms with Gasteiger partial charge in [0, 0.05) is 0 Å². The molecule has 2 aromatic heterocycles. The van der Waals surface area contributed by atoms with Crippen molar-refractivity contribution in [1.29, 1.82) is 0 Å². The van der Waals surface area contributed by atoms with Crippen molar-refractivity contribution in [3.63, 3.8) is 0 Å². The van der Waals surface area contributed by atoms with Crippen LogP contribution >= 0.6 is 11.3 Å². The molecular formula is C10H11N3O2S. The summed E-state index contributed by atoms with van der Waals surface area (Å²) in [6.07, 6.45) is 1.44. The minimum atomic E-state index is -0.903. The van der Waals surface area contributed by atoms with E-state index >= 15 is 0 Å². The number of aryl methyl sites for hydroxylation is 1. The fraction of sp³-hybridized carbons (Fsp3) is 0.300. The zero-order valence-electron chi connectivity index (χ0n) is 8.89. The van der Waals surface area contributed by atoms with Crippen LogP contribution in [0.2, 0.25) is 0 Å². The Morgan fingerprint density at radius 2 is 2.31 bits per heavy atom. The number of fused-ring (bicyclic) bond motifs is 1. The lowest BCUT2D eigenvalue weighted by atomic mass is 10.3. The number of rotatable bonds is 3. The van der Waals surface area contributed by atoms with Gasteiger partial charge in [0.15, 0.2) is 0 Å². The predicted molar refractivity (Wildman–Crippen MR) is 62.9 cm³/mol. The van der Waals surface area contributed by atoms with E-state index in [1.165, 1.54) is 17.7 Å². The summed E-state index contributed by atoms with van der Waals surface area (Å²) in [4.78, 5) is 19.0. The SMILES string of the molecule is Cc1csc2c(NC(C)C(=O)O)ncnc12. The lowest BCUT2D eigenvalue weighted by Crippen LogP contribution is -2.25. The van der Waals surface area contributed by atoms with E-state index in [-0.39, 0.29) is 0 Å². The number of aromatic nitrogens is 2. The second kappa shape index (κ2) is 4.05. The highest BCUT2D eigenvalue weighted by Gasteiger charge is 2.14. The van der Waals surface area contributed by atoms with E-state index in [0.717, 1.165) is 15.8 Å². The summed E-state index contributed by atoms with van der Waals surface area (Å²) in [6.45, 7) is 3.55. The Morgan fingerprint density at radius 3 is 3.00 bits per heavy atom. The molecule has 1 atom stereocenters. The maximum atomic E-state index is 10.7. The molecule has 5 nitrogen and oxygen atoms in total. The fourth-order valence-electron chi connectivity index (χ4n) is 1.34. The number of aliphatic carboxylic acids is 1. The van der Waals surface area contributed by atoms with Gasteiger partial charge in [-0.3, -0.25) is 4.79 Å². The number of carboxylic acid groups (broad SMARTS) is 1. The molecule has 0 aliphatic carbocycles. The van der Waals surface area contributed by atoms with E-state index < -0.39 is 12.0 Å². The van der Waals surface area contributed by atoms with E-state index in [1.54, 1.807) is 6.92 Å². The standard InChI is InChI=1S/C10H11N3O2S/c1-5-3-16-8-7(5)11-4-12-9(8)13-6(2)10(14)15/h3-4,6H,1-2H3,(H,14,15)(H,11,12,13). The Hall–Kier alpha value is -1.69. The molecule has 0 fully saturated rings. The van der Waals surface area contributed by atoms with Gasteiger partial charge in [0.25, 0.3) is 0 Å². The van der Waals surface area contributed by atoms with Crippen molar-refractivity contribution in [1.82, 2.24) is 9.97 Å². The maximum Gasteiger partial charge on any atom is 0.325 e. The van der Waals surface area contributed by atoms with E-state index in [0.29, 0.717) is 5.82 Å². The molecular weight excluding hydrogens is 226 g/mol. The minimum Gasteiger partial charge on any atom is -0.480 e. The topological polar surface area (TPSA) is 75.1 Å². The maximum absolute atomic E-state index is 10.7. The highest BCUT2D eigenvalue weighted by Crippen LogP contribution is 2.28. The zero-order valence-corrected chi connectivity index (χ0v) is 9.71. The summed E-state index contributed by atoms with van der Waals surface area (Å²) in [5.74, 6) is -0.321. The van der Waals surface area contributed by atoms with Crippen molar-refractivity contribution in [3.8, 4) is 0 Å². The Bertz CT molecular complexity index is 538. The summed E-state index contributed by atoms with van der Waals surface area (Å²) in [5.41, 5.74) is 1.95. The van der Waals surface area contributed by atoms with E-state index in [1.807, 2.05) is 12.3 Å². The average Bonchev–Trinajstić information content (AvgIpc) is 2.62. The van der Waals surface area contributed by atoms with Crippen molar-refractivity contribution in [2.45, 2.75) is 19.9 Å². The molecule has 1 unspecified atom stereocenters.